The summed E-state index contributed by atoms with van der Waals surface area (Å²) < 4.78 is 36.9. The van der Waals surface area contributed by atoms with Gasteiger partial charge in [-0.1, -0.05) is 6.92 Å². The Morgan fingerprint density at radius 3 is 2.73 bits per heavy atom. The number of hydrogen-bond donors (Lipinski definition) is 0. The van der Waals surface area contributed by atoms with Crippen LogP contribution in [0.3, 0.4) is 0 Å². The van der Waals surface area contributed by atoms with Crippen molar-refractivity contribution in [2.24, 2.45) is 0 Å². The zero-order chi connectivity index (χ0) is 11.5. The summed E-state index contributed by atoms with van der Waals surface area (Å²) in [6, 6.07) is 0. The third kappa shape index (κ3) is 3.26. The summed E-state index contributed by atoms with van der Waals surface area (Å²) in [6.07, 6.45) is -2.38. The van der Waals surface area contributed by atoms with E-state index in [1.54, 1.807) is 6.92 Å². The lowest BCUT2D eigenvalue weighted by atomic mass is 10.3. The molecule has 1 heterocycles. The average Bonchev–Trinajstić information content (AvgIpc) is 2.52. The highest BCUT2D eigenvalue weighted by atomic mass is 19.4. The Kier molecular flexibility index (Phi) is 3.33. The molecular weight excluding hydrogens is 213 g/mol. The van der Waals surface area contributed by atoms with Gasteiger partial charge in [0, 0.05) is 6.42 Å². The van der Waals surface area contributed by atoms with Crippen LogP contribution in [-0.4, -0.2) is 15.7 Å². The van der Waals surface area contributed by atoms with Gasteiger partial charge in [0.2, 0.25) is 0 Å². The van der Waals surface area contributed by atoms with Crippen molar-refractivity contribution >= 4 is 5.97 Å². The number of carbonyl (C=O) groups is 1. The van der Waals surface area contributed by atoms with Gasteiger partial charge >= 0.3 is 12.1 Å². The molecule has 15 heavy (non-hydrogen) atoms. The van der Waals surface area contributed by atoms with E-state index in [0.717, 1.165) is 6.33 Å². The van der Waals surface area contributed by atoms with Crippen LogP contribution in [0, 0.1) is 0 Å². The fourth-order valence-corrected chi connectivity index (χ4v) is 0.870. The van der Waals surface area contributed by atoms with Crippen molar-refractivity contribution in [2.45, 2.75) is 25.9 Å². The molecule has 0 aliphatic rings. The van der Waals surface area contributed by atoms with Crippen molar-refractivity contribution in [3.63, 3.8) is 0 Å². The van der Waals surface area contributed by atoms with Crippen molar-refractivity contribution in [3.8, 4) is 0 Å². The van der Waals surface area contributed by atoms with Crippen LogP contribution in [-0.2, 0) is 11.0 Å². The standard InChI is InChI=1S/C8H9F3N2O2/c1-2-3-7(14)15-13-4-6(12-5-13)8(9,10)11/h4-5H,2-3H2,1H3. The van der Waals surface area contributed by atoms with Gasteiger partial charge in [0.05, 0.1) is 6.20 Å². The maximum absolute atomic E-state index is 12.1. The summed E-state index contributed by atoms with van der Waals surface area (Å²) in [6.45, 7) is 1.76. The molecular formula is C8H9F3N2O2. The summed E-state index contributed by atoms with van der Waals surface area (Å²) in [5.74, 6) is -0.594. The fraction of sp³-hybridized carbons (Fsp3) is 0.500. The molecule has 1 aromatic rings. The van der Waals surface area contributed by atoms with Crippen molar-refractivity contribution in [1.29, 1.82) is 0 Å². The Morgan fingerprint density at radius 2 is 2.27 bits per heavy atom. The van der Waals surface area contributed by atoms with Gasteiger partial charge < -0.3 is 4.84 Å². The van der Waals surface area contributed by atoms with E-state index in [1.165, 1.54) is 0 Å². The SMILES string of the molecule is CCCC(=O)On1cnc(C(F)(F)F)c1. The van der Waals surface area contributed by atoms with E-state index in [1.807, 2.05) is 0 Å². The van der Waals surface area contributed by atoms with Crippen molar-refractivity contribution in [3.05, 3.63) is 18.2 Å². The Balaban J connectivity index is 2.65. The van der Waals surface area contributed by atoms with E-state index >= 15 is 0 Å². The number of hydrogen-bond acceptors (Lipinski definition) is 3. The van der Waals surface area contributed by atoms with Crippen LogP contribution in [0.2, 0.25) is 0 Å². The predicted octanol–water partition coefficient (Wildman–Crippen LogP) is 1.66. The van der Waals surface area contributed by atoms with E-state index in [-0.39, 0.29) is 6.42 Å². The molecule has 0 aliphatic heterocycles. The van der Waals surface area contributed by atoms with Gasteiger partial charge in [0.15, 0.2) is 5.69 Å². The maximum Gasteiger partial charge on any atom is 0.435 e. The maximum atomic E-state index is 12.1. The molecule has 84 valence electrons. The van der Waals surface area contributed by atoms with Crippen molar-refractivity contribution in [2.75, 3.05) is 0 Å². The van der Waals surface area contributed by atoms with Gasteiger partial charge in [0.25, 0.3) is 0 Å². The van der Waals surface area contributed by atoms with Crippen LogP contribution < -0.4 is 4.84 Å². The Morgan fingerprint density at radius 1 is 1.60 bits per heavy atom. The first-order valence-corrected chi connectivity index (χ1v) is 4.26. The van der Waals surface area contributed by atoms with Gasteiger partial charge in [-0.05, 0) is 6.42 Å². The molecule has 0 unspecified atom stereocenters. The molecule has 1 aromatic heterocycles. The molecule has 0 atom stereocenters. The summed E-state index contributed by atoms with van der Waals surface area (Å²) >= 11 is 0. The lowest BCUT2D eigenvalue weighted by molar-refractivity contribution is -0.146. The van der Waals surface area contributed by atoms with E-state index in [4.69, 9.17) is 0 Å². The first kappa shape index (κ1) is 11.5. The minimum atomic E-state index is -4.53. The largest absolute Gasteiger partial charge is 0.435 e. The zero-order valence-corrected chi connectivity index (χ0v) is 7.91. The van der Waals surface area contributed by atoms with Crippen molar-refractivity contribution < 1.29 is 22.8 Å². The second-order valence-electron chi connectivity index (χ2n) is 2.83. The second kappa shape index (κ2) is 4.33. The minimum Gasteiger partial charge on any atom is -0.336 e. The summed E-state index contributed by atoms with van der Waals surface area (Å²) in [7, 11) is 0. The van der Waals surface area contributed by atoms with Crippen LogP contribution in [0.15, 0.2) is 12.5 Å². The number of carbonyl (C=O) groups excluding carboxylic acids is 1. The number of rotatable bonds is 3. The van der Waals surface area contributed by atoms with Gasteiger partial charge in [-0.3, -0.25) is 0 Å². The lowest BCUT2D eigenvalue weighted by Gasteiger charge is -2.02. The molecule has 0 saturated heterocycles. The van der Waals surface area contributed by atoms with Gasteiger partial charge in [0.1, 0.15) is 6.33 Å². The smallest absolute Gasteiger partial charge is 0.336 e. The Bertz CT molecular complexity index is 346. The molecule has 0 spiro atoms. The lowest BCUT2D eigenvalue weighted by Crippen LogP contribution is -2.17. The topological polar surface area (TPSA) is 44.1 Å². The summed E-state index contributed by atoms with van der Waals surface area (Å²) in [5, 5.41) is 0. The number of alkyl halides is 3. The molecule has 0 N–H and O–H groups in total. The van der Waals surface area contributed by atoms with E-state index in [9.17, 15) is 18.0 Å². The normalized spacial score (nSPS) is 11.5. The number of nitrogens with zero attached hydrogens (tertiary/aromatic N) is 2. The molecule has 4 nitrogen and oxygen atoms in total. The van der Waals surface area contributed by atoms with Crippen LogP contribution in [0.1, 0.15) is 25.5 Å². The molecule has 7 heteroatoms. The predicted molar refractivity (Wildman–Crippen MR) is 43.7 cm³/mol. The van der Waals surface area contributed by atoms with E-state index in [0.29, 0.717) is 17.3 Å². The van der Waals surface area contributed by atoms with Gasteiger partial charge in [-0.15, -0.1) is 0 Å². The van der Waals surface area contributed by atoms with Crippen LogP contribution in [0.25, 0.3) is 0 Å². The van der Waals surface area contributed by atoms with E-state index < -0.39 is 17.8 Å². The Hall–Kier alpha value is -1.53. The molecule has 0 fully saturated rings. The number of halogens is 3. The van der Waals surface area contributed by atoms with E-state index in [2.05, 4.69) is 9.82 Å². The third-order valence-electron chi connectivity index (χ3n) is 1.51. The van der Waals surface area contributed by atoms with Crippen LogP contribution >= 0.6 is 0 Å². The molecule has 0 amide bonds. The fourth-order valence-electron chi connectivity index (χ4n) is 0.870. The molecule has 0 bridgehead atoms. The molecule has 1 rings (SSSR count). The molecule has 0 saturated carbocycles. The summed E-state index contributed by atoms with van der Waals surface area (Å²) in [5.41, 5.74) is -1.09. The molecule has 0 aromatic carbocycles. The van der Waals surface area contributed by atoms with Crippen molar-refractivity contribution in [1.82, 2.24) is 9.71 Å². The average molecular weight is 222 g/mol. The first-order chi connectivity index (χ1) is 6.93. The van der Waals surface area contributed by atoms with Gasteiger partial charge in [-0.25, -0.2) is 9.78 Å². The summed E-state index contributed by atoms with van der Waals surface area (Å²) in [4.78, 5) is 18.5. The number of aromatic nitrogens is 2. The number of imidazole rings is 1. The van der Waals surface area contributed by atoms with Gasteiger partial charge in [-0.2, -0.15) is 17.9 Å². The zero-order valence-electron chi connectivity index (χ0n) is 7.91. The molecule has 0 aliphatic carbocycles. The highest BCUT2D eigenvalue weighted by Crippen LogP contribution is 2.26. The third-order valence-corrected chi connectivity index (χ3v) is 1.51. The highest BCUT2D eigenvalue weighted by molar-refractivity contribution is 5.69. The highest BCUT2D eigenvalue weighted by Gasteiger charge is 2.33. The molecule has 0 radical (unpaired) electrons. The van der Waals surface area contributed by atoms with Crippen LogP contribution in [0.5, 0.6) is 0 Å². The first-order valence-electron chi connectivity index (χ1n) is 4.26. The minimum absolute atomic E-state index is 0.152. The second-order valence-corrected chi connectivity index (χ2v) is 2.83. The van der Waals surface area contributed by atoms with Crippen LogP contribution in [0.4, 0.5) is 13.2 Å². The quantitative estimate of drug-likeness (QED) is 0.781. The monoisotopic (exact) mass is 222 g/mol. The Labute approximate surface area is 83.6 Å².